The van der Waals surface area contributed by atoms with Crippen LogP contribution in [0.4, 0.5) is 5.69 Å². The van der Waals surface area contributed by atoms with Crippen molar-refractivity contribution in [2.45, 2.75) is 19.9 Å². The van der Waals surface area contributed by atoms with Gasteiger partial charge in [0.1, 0.15) is 5.82 Å². The van der Waals surface area contributed by atoms with E-state index in [4.69, 9.17) is 5.73 Å². The normalized spacial score (nSPS) is 12.6. The quantitative estimate of drug-likeness (QED) is 0.646. The summed E-state index contributed by atoms with van der Waals surface area (Å²) in [6.07, 6.45) is 0. The number of rotatable bonds is 4. The number of nitro groups is 1. The zero-order valence-corrected chi connectivity index (χ0v) is 10.7. The Morgan fingerprint density at radius 3 is 2.68 bits per heavy atom. The molecule has 2 aromatic rings. The van der Waals surface area contributed by atoms with E-state index in [-0.39, 0.29) is 17.6 Å². The highest BCUT2D eigenvalue weighted by Gasteiger charge is 2.20. The van der Waals surface area contributed by atoms with Crippen molar-refractivity contribution >= 4 is 5.69 Å². The van der Waals surface area contributed by atoms with Crippen molar-refractivity contribution in [3.8, 4) is 11.4 Å². The minimum atomic E-state index is -0.451. The molecule has 0 radical (unpaired) electrons. The molecule has 0 aliphatic heterocycles. The Morgan fingerprint density at radius 2 is 2.05 bits per heavy atom. The molecule has 0 saturated heterocycles. The lowest BCUT2D eigenvalue weighted by Crippen LogP contribution is -2.18. The summed E-state index contributed by atoms with van der Waals surface area (Å²) in [5, 5.41) is 17.7. The molecule has 1 atom stereocenters. The van der Waals surface area contributed by atoms with Gasteiger partial charge < -0.3 is 5.73 Å². The summed E-state index contributed by atoms with van der Waals surface area (Å²) in [6.45, 7) is 3.94. The predicted octanol–water partition coefficient (Wildman–Crippen LogP) is 2.04. The van der Waals surface area contributed by atoms with Crippen molar-refractivity contribution in [3.05, 3.63) is 40.2 Å². The number of hydrogen-bond donors (Lipinski definition) is 2. The number of nitrogens with one attached hydrogen (secondary N) is 1. The third kappa shape index (κ3) is 2.60. The number of nitrogens with two attached hydrogens (primary N) is 1. The zero-order valence-electron chi connectivity index (χ0n) is 10.7. The van der Waals surface area contributed by atoms with Gasteiger partial charge in [-0.05, 0) is 12.0 Å². The Labute approximate surface area is 110 Å². The van der Waals surface area contributed by atoms with Crippen LogP contribution in [0.25, 0.3) is 11.4 Å². The Morgan fingerprint density at radius 1 is 1.37 bits per heavy atom. The largest absolute Gasteiger partial charge is 0.321 e. The molecule has 0 saturated carbocycles. The van der Waals surface area contributed by atoms with Crippen LogP contribution in [0.3, 0.4) is 0 Å². The molecule has 0 aliphatic rings. The number of para-hydroxylation sites is 1. The molecule has 1 aromatic heterocycles. The summed E-state index contributed by atoms with van der Waals surface area (Å²) in [7, 11) is 0. The van der Waals surface area contributed by atoms with E-state index in [9.17, 15) is 10.1 Å². The monoisotopic (exact) mass is 261 g/mol. The lowest BCUT2D eigenvalue weighted by atomic mass is 10.1. The molecule has 1 heterocycles. The van der Waals surface area contributed by atoms with Gasteiger partial charge in [-0.3, -0.25) is 15.2 Å². The third-order valence-corrected chi connectivity index (χ3v) is 2.88. The molecule has 0 unspecified atom stereocenters. The van der Waals surface area contributed by atoms with Crippen LogP contribution in [0, 0.1) is 16.0 Å². The highest BCUT2D eigenvalue weighted by Crippen LogP contribution is 2.27. The number of nitrogens with zero attached hydrogens (tertiary/aromatic N) is 3. The molecular weight excluding hydrogens is 246 g/mol. The molecule has 7 heteroatoms. The SMILES string of the molecule is CC(C)[C@H](N)c1nc(-c2ccccc2[N+](=O)[O-])n[nH]1. The van der Waals surface area contributed by atoms with E-state index in [1.54, 1.807) is 18.2 Å². The molecule has 0 spiro atoms. The van der Waals surface area contributed by atoms with Crippen molar-refractivity contribution in [3.63, 3.8) is 0 Å². The van der Waals surface area contributed by atoms with E-state index in [2.05, 4.69) is 15.2 Å². The summed E-state index contributed by atoms with van der Waals surface area (Å²) >= 11 is 0. The zero-order chi connectivity index (χ0) is 14.0. The first-order valence-corrected chi connectivity index (χ1v) is 5.92. The van der Waals surface area contributed by atoms with Crippen molar-refractivity contribution in [1.82, 2.24) is 15.2 Å². The van der Waals surface area contributed by atoms with Crippen LogP contribution >= 0.6 is 0 Å². The number of aromatic nitrogens is 3. The first-order valence-electron chi connectivity index (χ1n) is 5.92. The molecule has 0 bridgehead atoms. The van der Waals surface area contributed by atoms with Gasteiger partial charge >= 0.3 is 0 Å². The maximum Gasteiger partial charge on any atom is 0.280 e. The summed E-state index contributed by atoms with van der Waals surface area (Å²) in [5.41, 5.74) is 6.32. The second-order valence-electron chi connectivity index (χ2n) is 4.59. The number of benzene rings is 1. The topological polar surface area (TPSA) is 111 Å². The number of hydrogen-bond acceptors (Lipinski definition) is 5. The first-order chi connectivity index (χ1) is 9.00. The van der Waals surface area contributed by atoms with Crippen molar-refractivity contribution < 1.29 is 4.92 Å². The summed E-state index contributed by atoms with van der Waals surface area (Å²) < 4.78 is 0. The Kier molecular flexibility index (Phi) is 3.57. The van der Waals surface area contributed by atoms with Crippen molar-refractivity contribution in [1.29, 1.82) is 0 Å². The van der Waals surface area contributed by atoms with Gasteiger partial charge in [-0.15, -0.1) is 0 Å². The number of H-pyrrole nitrogens is 1. The Bertz CT molecular complexity index is 593. The second-order valence-corrected chi connectivity index (χ2v) is 4.59. The van der Waals surface area contributed by atoms with Gasteiger partial charge in [0.15, 0.2) is 5.82 Å². The second kappa shape index (κ2) is 5.15. The van der Waals surface area contributed by atoms with Crippen LogP contribution < -0.4 is 5.73 Å². The van der Waals surface area contributed by atoms with Gasteiger partial charge in [0.05, 0.1) is 16.5 Å². The Balaban J connectivity index is 2.41. The maximum absolute atomic E-state index is 11.0. The smallest absolute Gasteiger partial charge is 0.280 e. The fourth-order valence-electron chi connectivity index (χ4n) is 1.68. The highest BCUT2D eigenvalue weighted by atomic mass is 16.6. The third-order valence-electron chi connectivity index (χ3n) is 2.88. The van der Waals surface area contributed by atoms with E-state index in [0.717, 1.165) is 0 Å². The highest BCUT2D eigenvalue weighted by molar-refractivity contribution is 5.67. The van der Waals surface area contributed by atoms with E-state index in [1.165, 1.54) is 6.07 Å². The van der Waals surface area contributed by atoms with Crippen LogP contribution in [0.5, 0.6) is 0 Å². The maximum atomic E-state index is 11.0. The lowest BCUT2D eigenvalue weighted by molar-refractivity contribution is -0.384. The Hall–Kier alpha value is -2.28. The van der Waals surface area contributed by atoms with Gasteiger partial charge in [-0.25, -0.2) is 4.98 Å². The molecule has 7 nitrogen and oxygen atoms in total. The minimum Gasteiger partial charge on any atom is -0.321 e. The van der Waals surface area contributed by atoms with Crippen LogP contribution in [0.15, 0.2) is 24.3 Å². The number of aromatic amines is 1. The lowest BCUT2D eigenvalue weighted by Gasteiger charge is -2.11. The average molecular weight is 261 g/mol. The minimum absolute atomic E-state index is 0.0221. The average Bonchev–Trinajstić information content (AvgIpc) is 2.87. The van der Waals surface area contributed by atoms with Crippen LogP contribution in [0.1, 0.15) is 25.7 Å². The fraction of sp³-hybridized carbons (Fsp3) is 0.333. The standard InChI is InChI=1S/C12H15N5O2/c1-7(2)10(13)12-14-11(15-16-12)8-5-3-4-6-9(8)17(18)19/h3-7,10H,13H2,1-2H3,(H,14,15,16)/t10-/m0/s1. The van der Waals surface area contributed by atoms with Crippen LogP contribution in [-0.2, 0) is 0 Å². The van der Waals surface area contributed by atoms with E-state index in [0.29, 0.717) is 17.2 Å². The molecule has 3 N–H and O–H groups in total. The van der Waals surface area contributed by atoms with Crippen LogP contribution in [-0.4, -0.2) is 20.1 Å². The van der Waals surface area contributed by atoms with E-state index < -0.39 is 4.92 Å². The van der Waals surface area contributed by atoms with Crippen molar-refractivity contribution in [2.24, 2.45) is 11.7 Å². The summed E-state index contributed by atoms with van der Waals surface area (Å²) in [4.78, 5) is 14.8. The van der Waals surface area contributed by atoms with E-state index in [1.807, 2.05) is 13.8 Å². The van der Waals surface area contributed by atoms with Gasteiger partial charge in [-0.2, -0.15) is 5.10 Å². The van der Waals surface area contributed by atoms with Crippen molar-refractivity contribution in [2.75, 3.05) is 0 Å². The van der Waals surface area contributed by atoms with Gasteiger partial charge in [0.2, 0.25) is 0 Å². The molecule has 0 aliphatic carbocycles. The van der Waals surface area contributed by atoms with E-state index >= 15 is 0 Å². The van der Waals surface area contributed by atoms with Gasteiger partial charge in [-0.1, -0.05) is 26.0 Å². The molecule has 2 rings (SSSR count). The predicted molar refractivity (Wildman–Crippen MR) is 70.2 cm³/mol. The molecule has 100 valence electrons. The molecular formula is C12H15N5O2. The molecule has 0 amide bonds. The molecule has 1 aromatic carbocycles. The number of nitro benzene ring substituents is 1. The van der Waals surface area contributed by atoms with Crippen LogP contribution in [0.2, 0.25) is 0 Å². The van der Waals surface area contributed by atoms with Gasteiger partial charge in [0, 0.05) is 6.07 Å². The fourth-order valence-corrected chi connectivity index (χ4v) is 1.68. The molecule has 19 heavy (non-hydrogen) atoms. The molecule has 0 fully saturated rings. The summed E-state index contributed by atoms with van der Waals surface area (Å²) in [5.74, 6) is 1.02. The van der Waals surface area contributed by atoms with Gasteiger partial charge in [0.25, 0.3) is 5.69 Å². The first kappa shape index (κ1) is 13.2. The summed E-state index contributed by atoms with van der Waals surface area (Å²) in [6, 6.07) is 6.08.